The monoisotopic (exact) mass is 740 g/mol. The van der Waals surface area contributed by atoms with E-state index in [1.165, 1.54) is 23.6 Å². The van der Waals surface area contributed by atoms with E-state index in [0.29, 0.717) is 72.8 Å². The van der Waals surface area contributed by atoms with Crippen LogP contribution in [0.5, 0.6) is 0 Å². The number of hydrogen-bond acceptors (Lipinski definition) is 7. The molecule has 2 aliphatic heterocycles. The van der Waals surface area contributed by atoms with Crippen LogP contribution in [0.1, 0.15) is 50.7 Å². The smallest absolute Gasteiger partial charge is 0.259 e. The van der Waals surface area contributed by atoms with Crippen molar-refractivity contribution in [3.63, 3.8) is 0 Å². The Kier molecular flexibility index (Phi) is 10.4. The fraction of sp³-hybridized carbons (Fsp3) is 0.273. The van der Waals surface area contributed by atoms with Crippen LogP contribution in [-0.4, -0.2) is 68.8 Å². The van der Waals surface area contributed by atoms with Crippen molar-refractivity contribution in [2.75, 3.05) is 23.7 Å². The van der Waals surface area contributed by atoms with Crippen LogP contribution in [0.25, 0.3) is 22.6 Å². The lowest BCUT2D eigenvalue weighted by Gasteiger charge is -2.31. The first kappa shape index (κ1) is 37.3. The van der Waals surface area contributed by atoms with Crippen molar-refractivity contribution in [2.24, 2.45) is 0 Å². The van der Waals surface area contributed by atoms with Crippen LogP contribution in [0.4, 0.5) is 11.4 Å². The van der Waals surface area contributed by atoms with Crippen LogP contribution >= 0.6 is 0 Å². The van der Waals surface area contributed by atoms with Gasteiger partial charge < -0.3 is 35.1 Å². The molecule has 55 heavy (non-hydrogen) atoms. The highest BCUT2D eigenvalue weighted by molar-refractivity contribution is 6.00. The van der Waals surface area contributed by atoms with E-state index in [1.54, 1.807) is 72.8 Å². The normalized spacial score (nSPS) is 19.0. The molecule has 0 saturated carbocycles. The van der Waals surface area contributed by atoms with E-state index in [2.05, 4.69) is 10.6 Å². The molecular weight excluding hydrogens is 697 g/mol. The molecule has 2 saturated heterocycles. The number of carbonyl (C=O) groups is 4. The van der Waals surface area contributed by atoms with Gasteiger partial charge in [0.2, 0.25) is 11.8 Å². The summed E-state index contributed by atoms with van der Waals surface area (Å²) in [5, 5.41) is 28.1. The number of aliphatic hydroxyl groups is 2. The first-order chi connectivity index (χ1) is 26.4. The molecule has 1 unspecified atom stereocenters. The molecular formula is C44H44N4O7. The zero-order chi connectivity index (χ0) is 38.7. The number of amides is 4. The van der Waals surface area contributed by atoms with Gasteiger partial charge in [0.15, 0.2) is 11.2 Å². The zero-order valence-electron chi connectivity index (χ0n) is 30.8. The molecule has 0 aliphatic carbocycles. The van der Waals surface area contributed by atoms with Crippen LogP contribution in [0.2, 0.25) is 0 Å². The standard InChI is InChI=1S/C44H44N4O7/c1-43(53,31-11-5-3-6-12-31)41(51)47-27-9-15-35(47)39(49)45-33-21-17-29(18-22-33)37-25-26-38(55-37)30-19-23-34(24-20-30)46-40(50)36-16-10-28-48(36)42(52)44(2,54)32-13-7-4-8-14-32/h3-8,11-14,17-26,35-36,53-54H,9-10,15-16,27-28H2,1-2H3,(H,45,49)(H,46,50)/t35-,36?,43-,44-/m0/s1. The fourth-order valence-electron chi connectivity index (χ4n) is 7.43. The minimum Gasteiger partial charge on any atom is -0.456 e. The summed E-state index contributed by atoms with van der Waals surface area (Å²) < 4.78 is 6.17. The molecule has 1 aromatic heterocycles. The molecule has 4 aromatic carbocycles. The number of nitrogens with zero attached hydrogens (tertiary/aromatic N) is 2. The van der Waals surface area contributed by atoms with Gasteiger partial charge in [-0.15, -0.1) is 0 Å². The number of rotatable bonds is 10. The summed E-state index contributed by atoms with van der Waals surface area (Å²) in [6, 6.07) is 34.2. The number of furan rings is 1. The average molecular weight is 741 g/mol. The SMILES string of the molecule is C[C@@](O)(C(=O)N1CCCC1C(=O)Nc1ccc(-c2ccc(-c3ccc(NC(=O)[C@@H]4CCCN4C(=O)[C@@](C)(O)c4ccccc4)cc3)o2)cc1)c1ccccc1. The van der Waals surface area contributed by atoms with Gasteiger partial charge in [-0.25, -0.2) is 0 Å². The summed E-state index contributed by atoms with van der Waals surface area (Å²) in [7, 11) is 0. The van der Waals surface area contributed by atoms with Gasteiger partial charge in [-0.2, -0.15) is 0 Å². The maximum atomic E-state index is 13.4. The van der Waals surface area contributed by atoms with E-state index in [4.69, 9.17) is 4.42 Å². The average Bonchev–Trinajstić information content (AvgIpc) is 4.01. The molecule has 7 rings (SSSR count). The molecule has 5 aromatic rings. The Morgan fingerprint density at radius 1 is 0.564 bits per heavy atom. The van der Waals surface area contributed by atoms with Crippen molar-refractivity contribution in [3.05, 3.63) is 132 Å². The summed E-state index contributed by atoms with van der Waals surface area (Å²) in [6.45, 7) is 3.70. The van der Waals surface area contributed by atoms with Gasteiger partial charge in [0, 0.05) is 35.6 Å². The topological polar surface area (TPSA) is 152 Å². The Morgan fingerprint density at radius 3 is 1.29 bits per heavy atom. The first-order valence-corrected chi connectivity index (χ1v) is 18.5. The lowest BCUT2D eigenvalue weighted by Crippen LogP contribution is -2.50. The van der Waals surface area contributed by atoms with Crippen molar-refractivity contribution in [2.45, 2.75) is 62.8 Å². The summed E-state index contributed by atoms with van der Waals surface area (Å²) in [4.78, 5) is 56.4. The number of carbonyl (C=O) groups excluding carboxylic acids is 4. The van der Waals surface area contributed by atoms with Crippen molar-refractivity contribution < 1.29 is 33.8 Å². The van der Waals surface area contributed by atoms with E-state index < -0.39 is 35.1 Å². The lowest BCUT2D eigenvalue weighted by molar-refractivity contribution is -0.153. The van der Waals surface area contributed by atoms with Gasteiger partial charge in [-0.3, -0.25) is 19.2 Å². The Hall–Kier alpha value is -6.04. The predicted molar refractivity (Wildman–Crippen MR) is 208 cm³/mol. The number of nitrogens with one attached hydrogen (secondary N) is 2. The highest BCUT2D eigenvalue weighted by atomic mass is 16.3. The van der Waals surface area contributed by atoms with Crippen molar-refractivity contribution in [1.82, 2.24) is 9.80 Å². The quantitative estimate of drug-likeness (QED) is 0.131. The molecule has 0 spiro atoms. The van der Waals surface area contributed by atoms with Gasteiger partial charge in [0.1, 0.15) is 23.6 Å². The summed E-state index contributed by atoms with van der Waals surface area (Å²) in [6.07, 6.45) is 2.33. The second kappa shape index (κ2) is 15.4. The minimum atomic E-state index is -1.75. The van der Waals surface area contributed by atoms with Gasteiger partial charge >= 0.3 is 0 Å². The van der Waals surface area contributed by atoms with Gasteiger partial charge in [0.05, 0.1) is 0 Å². The molecule has 2 fully saturated rings. The van der Waals surface area contributed by atoms with E-state index in [9.17, 15) is 29.4 Å². The van der Waals surface area contributed by atoms with Crippen LogP contribution in [0.3, 0.4) is 0 Å². The van der Waals surface area contributed by atoms with Crippen molar-refractivity contribution in [3.8, 4) is 22.6 Å². The third-order valence-electron chi connectivity index (χ3n) is 10.6. The maximum Gasteiger partial charge on any atom is 0.259 e. The van der Waals surface area contributed by atoms with E-state index in [-0.39, 0.29) is 11.8 Å². The molecule has 4 N–H and O–H groups in total. The van der Waals surface area contributed by atoms with E-state index >= 15 is 0 Å². The Morgan fingerprint density at radius 2 is 0.927 bits per heavy atom. The molecule has 282 valence electrons. The van der Waals surface area contributed by atoms with E-state index in [1.807, 2.05) is 48.5 Å². The molecule has 4 atom stereocenters. The number of benzene rings is 4. The fourth-order valence-corrected chi connectivity index (χ4v) is 7.43. The van der Waals surface area contributed by atoms with Crippen molar-refractivity contribution in [1.29, 1.82) is 0 Å². The number of likely N-dealkylation sites (tertiary alicyclic amines) is 2. The Bertz CT molecular complexity index is 2010. The van der Waals surface area contributed by atoms with Gasteiger partial charge in [-0.1, -0.05) is 60.7 Å². The second-order valence-corrected chi connectivity index (χ2v) is 14.5. The van der Waals surface area contributed by atoms with Crippen LogP contribution in [-0.2, 0) is 30.4 Å². The third kappa shape index (κ3) is 7.67. The highest BCUT2D eigenvalue weighted by Crippen LogP contribution is 2.33. The van der Waals surface area contributed by atoms with Crippen molar-refractivity contribution >= 4 is 35.0 Å². The van der Waals surface area contributed by atoms with Gasteiger partial charge in [0.25, 0.3) is 11.8 Å². The van der Waals surface area contributed by atoms with Crippen LogP contribution in [0, 0.1) is 0 Å². The zero-order valence-corrected chi connectivity index (χ0v) is 30.8. The summed E-state index contributed by atoms with van der Waals surface area (Å²) in [5.41, 5.74) is 0.180. The van der Waals surface area contributed by atoms with Crippen LogP contribution in [0.15, 0.2) is 126 Å². The summed E-state index contributed by atoms with van der Waals surface area (Å²) >= 11 is 0. The molecule has 3 heterocycles. The minimum absolute atomic E-state index is 0.312. The second-order valence-electron chi connectivity index (χ2n) is 14.5. The molecule has 0 radical (unpaired) electrons. The molecule has 11 heteroatoms. The largest absolute Gasteiger partial charge is 0.456 e. The molecule has 0 bridgehead atoms. The Balaban J connectivity index is 0.950. The van der Waals surface area contributed by atoms with Gasteiger partial charge in [-0.05, 0) is 111 Å². The maximum absolute atomic E-state index is 13.4. The van der Waals surface area contributed by atoms with E-state index in [0.717, 1.165) is 11.1 Å². The predicted octanol–water partition coefficient (Wildman–Crippen LogP) is 6.29. The third-order valence-corrected chi connectivity index (χ3v) is 10.6. The molecule has 2 aliphatic rings. The lowest BCUT2D eigenvalue weighted by atomic mass is 9.94. The van der Waals surface area contributed by atoms with Crippen LogP contribution < -0.4 is 10.6 Å². The Labute approximate surface area is 319 Å². The highest BCUT2D eigenvalue weighted by Gasteiger charge is 2.44. The molecule has 11 nitrogen and oxygen atoms in total. The number of anilines is 2. The molecule has 4 amide bonds. The summed E-state index contributed by atoms with van der Waals surface area (Å²) in [5.74, 6) is -0.380. The first-order valence-electron chi connectivity index (χ1n) is 18.5. The number of hydrogen-bond donors (Lipinski definition) is 4.